The Kier molecular flexibility index (Phi) is 14.1. The Morgan fingerprint density at radius 3 is 2.29 bits per heavy atom. The summed E-state index contributed by atoms with van der Waals surface area (Å²) in [5.74, 6) is 0.334. The zero-order chi connectivity index (χ0) is 21.4. The minimum absolute atomic E-state index is 0.0576. The molecule has 0 aliphatic carbocycles. The van der Waals surface area contributed by atoms with Crippen LogP contribution in [0.2, 0.25) is 0 Å². The van der Waals surface area contributed by atoms with E-state index in [1.54, 1.807) is 19.1 Å². The van der Waals surface area contributed by atoms with Crippen molar-refractivity contribution in [3.05, 3.63) is 48.3 Å². The van der Waals surface area contributed by atoms with Gasteiger partial charge in [0.15, 0.2) is 0 Å². The topological polar surface area (TPSA) is 76.0 Å². The van der Waals surface area contributed by atoms with E-state index < -0.39 is 5.41 Å². The smallest absolute Gasteiger partial charge is 0.333 e. The molecule has 0 aromatic carbocycles. The molecule has 0 unspecified atom stereocenters. The third-order valence-electron chi connectivity index (χ3n) is 4.73. The molecule has 5 heteroatoms. The average Bonchev–Trinajstić information content (AvgIpc) is 2.70. The fourth-order valence-electron chi connectivity index (χ4n) is 2.74. The van der Waals surface area contributed by atoms with Crippen molar-refractivity contribution in [2.75, 3.05) is 26.4 Å². The van der Waals surface area contributed by atoms with Crippen LogP contribution in [-0.2, 0) is 14.3 Å². The zero-order valence-electron chi connectivity index (χ0n) is 17.8. The first-order chi connectivity index (χ1) is 13.4. The maximum Gasteiger partial charge on any atom is 0.333 e. The third kappa shape index (κ3) is 9.90. The Bertz CT molecular complexity index is 541. The van der Waals surface area contributed by atoms with Crippen molar-refractivity contribution in [2.45, 2.75) is 59.3 Å². The predicted octanol–water partition coefficient (Wildman–Crippen LogP) is 4.47. The van der Waals surface area contributed by atoms with Crippen LogP contribution in [-0.4, -0.2) is 42.6 Å². The fourth-order valence-corrected chi connectivity index (χ4v) is 2.74. The van der Waals surface area contributed by atoms with Gasteiger partial charge in [-0.1, -0.05) is 45.1 Å². The van der Waals surface area contributed by atoms with Crippen LogP contribution < -0.4 is 0 Å². The molecule has 0 rings (SSSR count). The number of ether oxygens (including phenoxy) is 2. The molecule has 0 bridgehead atoms. The molecular formula is C23H38O5. The first kappa shape index (κ1) is 26.1. The summed E-state index contributed by atoms with van der Waals surface area (Å²) in [6.07, 6.45) is 10.1. The van der Waals surface area contributed by atoms with E-state index in [4.69, 9.17) is 9.47 Å². The minimum atomic E-state index is -0.512. The number of allylic oxidation sites excluding steroid dienone is 4. The second-order valence-corrected chi connectivity index (χ2v) is 7.12. The molecule has 0 aromatic rings. The Balaban J connectivity index is 4.73. The summed E-state index contributed by atoms with van der Waals surface area (Å²) in [7, 11) is 0. The lowest BCUT2D eigenvalue weighted by atomic mass is 9.81. The number of aliphatic hydroxyl groups excluding tert-OH is 2. The maximum absolute atomic E-state index is 11.4. The first-order valence-corrected chi connectivity index (χ1v) is 10.0. The second-order valence-electron chi connectivity index (χ2n) is 7.12. The van der Waals surface area contributed by atoms with Crippen molar-refractivity contribution < 1.29 is 24.5 Å². The Morgan fingerprint density at radius 1 is 1.11 bits per heavy atom. The SMILES string of the molecule is C=C/C=C(OCCC(CO)(CO)CCCC)\C(=C/C)CCCOC(=O)C(=C)C. The minimum Gasteiger partial charge on any atom is -0.493 e. The summed E-state index contributed by atoms with van der Waals surface area (Å²) in [4.78, 5) is 11.4. The van der Waals surface area contributed by atoms with Crippen molar-refractivity contribution in [3.63, 3.8) is 0 Å². The summed E-state index contributed by atoms with van der Waals surface area (Å²) >= 11 is 0. The molecule has 0 radical (unpaired) electrons. The van der Waals surface area contributed by atoms with Gasteiger partial charge >= 0.3 is 5.97 Å². The monoisotopic (exact) mass is 394 g/mol. The van der Waals surface area contributed by atoms with Crippen LogP contribution in [0.1, 0.15) is 59.3 Å². The van der Waals surface area contributed by atoms with E-state index >= 15 is 0 Å². The zero-order valence-corrected chi connectivity index (χ0v) is 17.8. The van der Waals surface area contributed by atoms with E-state index in [2.05, 4.69) is 20.1 Å². The van der Waals surface area contributed by atoms with Gasteiger partial charge < -0.3 is 19.7 Å². The standard InChI is InChI=1S/C23H38O5/c1-6-9-13-23(17-24,18-25)14-16-27-21(11-7-2)20(8-3)12-10-15-28-22(26)19(4)5/h7-8,11,24-25H,2,4,6,9-10,12-18H2,1,3,5H3/b20-8-,21-11+. The van der Waals surface area contributed by atoms with Gasteiger partial charge in [0.05, 0.1) is 26.4 Å². The largest absolute Gasteiger partial charge is 0.493 e. The summed E-state index contributed by atoms with van der Waals surface area (Å²) in [5.41, 5.74) is 0.877. The second kappa shape index (κ2) is 15.1. The van der Waals surface area contributed by atoms with E-state index in [1.807, 2.05) is 13.0 Å². The normalized spacial score (nSPS) is 12.6. The Hall–Kier alpha value is -1.85. The molecule has 0 atom stereocenters. The van der Waals surface area contributed by atoms with E-state index in [0.29, 0.717) is 43.8 Å². The van der Waals surface area contributed by atoms with Gasteiger partial charge in [0.2, 0.25) is 0 Å². The highest BCUT2D eigenvalue weighted by Gasteiger charge is 2.28. The van der Waals surface area contributed by atoms with Crippen molar-refractivity contribution >= 4 is 5.97 Å². The Labute approximate surface area is 170 Å². The van der Waals surface area contributed by atoms with Crippen LogP contribution in [0.15, 0.2) is 48.3 Å². The van der Waals surface area contributed by atoms with Crippen LogP contribution in [0.3, 0.4) is 0 Å². The van der Waals surface area contributed by atoms with Gasteiger partial charge in [-0.3, -0.25) is 0 Å². The van der Waals surface area contributed by atoms with Gasteiger partial charge in [0, 0.05) is 11.0 Å². The quantitative estimate of drug-likeness (QED) is 0.133. The highest BCUT2D eigenvalue weighted by atomic mass is 16.5. The highest BCUT2D eigenvalue weighted by Crippen LogP contribution is 2.29. The van der Waals surface area contributed by atoms with Crippen LogP contribution in [0.4, 0.5) is 0 Å². The molecule has 0 amide bonds. The lowest BCUT2D eigenvalue weighted by molar-refractivity contribution is -0.139. The lowest BCUT2D eigenvalue weighted by Gasteiger charge is -2.30. The molecule has 28 heavy (non-hydrogen) atoms. The molecule has 2 N–H and O–H groups in total. The number of rotatable bonds is 16. The van der Waals surface area contributed by atoms with Gasteiger partial charge in [0.1, 0.15) is 5.76 Å². The third-order valence-corrected chi connectivity index (χ3v) is 4.73. The molecule has 160 valence electrons. The van der Waals surface area contributed by atoms with Crippen molar-refractivity contribution in [3.8, 4) is 0 Å². The summed E-state index contributed by atoms with van der Waals surface area (Å²) in [5, 5.41) is 19.5. The molecule has 0 saturated heterocycles. The van der Waals surface area contributed by atoms with Gasteiger partial charge in [-0.2, -0.15) is 0 Å². The number of unbranched alkanes of at least 4 members (excludes halogenated alkanes) is 1. The molecular weight excluding hydrogens is 356 g/mol. The molecule has 0 heterocycles. The van der Waals surface area contributed by atoms with Crippen molar-refractivity contribution in [1.82, 2.24) is 0 Å². The van der Waals surface area contributed by atoms with Crippen molar-refractivity contribution in [2.24, 2.45) is 5.41 Å². The summed E-state index contributed by atoms with van der Waals surface area (Å²) in [6, 6.07) is 0. The lowest BCUT2D eigenvalue weighted by Crippen LogP contribution is -2.31. The van der Waals surface area contributed by atoms with E-state index in [9.17, 15) is 15.0 Å². The van der Waals surface area contributed by atoms with Crippen LogP contribution in [0.25, 0.3) is 0 Å². The van der Waals surface area contributed by atoms with Gasteiger partial charge in [-0.15, -0.1) is 0 Å². The van der Waals surface area contributed by atoms with E-state index in [1.165, 1.54) is 0 Å². The first-order valence-electron chi connectivity index (χ1n) is 10.0. The van der Waals surface area contributed by atoms with E-state index in [-0.39, 0.29) is 19.2 Å². The Morgan fingerprint density at radius 2 is 1.79 bits per heavy atom. The van der Waals surface area contributed by atoms with Crippen LogP contribution in [0.5, 0.6) is 0 Å². The maximum atomic E-state index is 11.4. The molecule has 0 spiro atoms. The average molecular weight is 395 g/mol. The molecule has 0 aliphatic heterocycles. The number of carbonyl (C=O) groups excluding carboxylic acids is 1. The molecule has 0 saturated carbocycles. The number of carbonyl (C=O) groups is 1. The van der Waals surface area contributed by atoms with Crippen molar-refractivity contribution in [1.29, 1.82) is 0 Å². The van der Waals surface area contributed by atoms with Crippen LogP contribution in [0, 0.1) is 5.41 Å². The molecule has 0 aliphatic rings. The predicted molar refractivity (Wildman–Crippen MR) is 114 cm³/mol. The number of hydrogen-bond acceptors (Lipinski definition) is 5. The summed E-state index contributed by atoms with van der Waals surface area (Å²) in [6.45, 7) is 13.6. The van der Waals surface area contributed by atoms with Gasteiger partial charge in [0.25, 0.3) is 0 Å². The molecule has 5 nitrogen and oxygen atoms in total. The van der Waals surface area contributed by atoms with E-state index in [0.717, 1.165) is 24.8 Å². The van der Waals surface area contributed by atoms with Crippen LogP contribution >= 0.6 is 0 Å². The molecule has 0 fully saturated rings. The fraction of sp³-hybridized carbons (Fsp3) is 0.609. The van der Waals surface area contributed by atoms with Gasteiger partial charge in [-0.25, -0.2) is 4.79 Å². The number of hydrogen-bond donors (Lipinski definition) is 2. The number of esters is 1. The number of aliphatic hydroxyl groups is 2. The summed E-state index contributed by atoms with van der Waals surface area (Å²) < 4.78 is 11.1. The van der Waals surface area contributed by atoms with Gasteiger partial charge in [-0.05, 0) is 51.2 Å². The highest BCUT2D eigenvalue weighted by molar-refractivity contribution is 5.86. The molecule has 0 aromatic heterocycles.